The second-order valence-corrected chi connectivity index (χ2v) is 26.2. The van der Waals surface area contributed by atoms with Gasteiger partial charge in [-0.05, 0) is 174 Å². The molecule has 4 amide bonds. The van der Waals surface area contributed by atoms with Gasteiger partial charge in [0.25, 0.3) is 15.9 Å². The minimum absolute atomic E-state index is 0.0238. The molecule has 3 atom stereocenters. The van der Waals surface area contributed by atoms with Crippen molar-refractivity contribution in [1.29, 1.82) is 5.41 Å². The van der Waals surface area contributed by atoms with Crippen LogP contribution in [0.25, 0.3) is 32.7 Å². The number of guanidine groups is 1. The van der Waals surface area contributed by atoms with Crippen molar-refractivity contribution in [3.8, 4) is 28.4 Å². The number of unbranched alkanes of at least 4 members (excludes halogenated alkanes) is 1. The average Bonchev–Trinajstić information content (AvgIpc) is 0.767. The molecule has 1 aliphatic rings. The molecule has 20 heteroatoms. The van der Waals surface area contributed by atoms with Crippen LogP contribution in [0, 0.1) is 26.2 Å². The van der Waals surface area contributed by atoms with Crippen LogP contribution in [-0.4, -0.2) is 93.2 Å². The lowest BCUT2D eigenvalue weighted by atomic mass is 9.88. The molecule has 1 aliphatic heterocycles. The van der Waals surface area contributed by atoms with Crippen molar-refractivity contribution in [3.05, 3.63) is 179 Å². The molecule has 7 aromatic carbocycles. The third kappa shape index (κ3) is 18.4. The molecule has 0 saturated heterocycles. The van der Waals surface area contributed by atoms with E-state index >= 15 is 0 Å². The Balaban J connectivity index is 1.03. The maximum absolute atomic E-state index is 14.9. The van der Waals surface area contributed by atoms with Crippen molar-refractivity contribution >= 4 is 67.3 Å². The first-order valence-electron chi connectivity index (χ1n) is 31.1. The number of rotatable bonds is 28. The number of hydrogen-bond acceptors (Lipinski definition) is 13. The molecular formula is C72H85N7O12S. The number of alkyl carbamates (subject to hydrolysis) is 1. The predicted molar refractivity (Wildman–Crippen MR) is 357 cm³/mol. The van der Waals surface area contributed by atoms with Crippen molar-refractivity contribution in [3.63, 3.8) is 0 Å². The number of fused-ring (bicyclic) bond motifs is 3. The Hall–Kier alpha value is -9.43. The summed E-state index contributed by atoms with van der Waals surface area (Å²) in [5.41, 5.74) is 4.51. The highest BCUT2D eigenvalue weighted by Crippen LogP contribution is 2.46. The van der Waals surface area contributed by atoms with Crippen molar-refractivity contribution in [2.75, 3.05) is 19.7 Å². The molecule has 486 valence electrons. The first kappa shape index (κ1) is 68.5. The van der Waals surface area contributed by atoms with E-state index in [1.165, 1.54) is 6.08 Å². The Labute approximate surface area is 539 Å². The second-order valence-electron chi connectivity index (χ2n) is 24.6. The van der Waals surface area contributed by atoms with Crippen molar-refractivity contribution in [1.82, 2.24) is 31.3 Å². The topological polar surface area (TPSA) is 262 Å². The van der Waals surface area contributed by atoms with E-state index in [-0.39, 0.29) is 56.9 Å². The number of esters is 1. The number of hydrogen-bond donors (Lipinski definition) is 7. The van der Waals surface area contributed by atoms with Crippen LogP contribution in [0.1, 0.15) is 113 Å². The highest BCUT2D eigenvalue weighted by Gasteiger charge is 2.35. The summed E-state index contributed by atoms with van der Waals surface area (Å²) < 4.78 is 61.0. The van der Waals surface area contributed by atoms with E-state index < -0.39 is 81.7 Å². The van der Waals surface area contributed by atoms with Crippen LogP contribution < -0.4 is 45.5 Å². The van der Waals surface area contributed by atoms with Crippen LogP contribution in [0.4, 0.5) is 4.79 Å². The van der Waals surface area contributed by atoms with Crippen LogP contribution in [0.15, 0.2) is 151 Å². The van der Waals surface area contributed by atoms with Crippen molar-refractivity contribution in [2.45, 2.75) is 154 Å². The number of sulfonamides is 1. The molecule has 0 bridgehead atoms. The van der Waals surface area contributed by atoms with E-state index in [0.717, 1.165) is 43.8 Å². The summed E-state index contributed by atoms with van der Waals surface area (Å²) in [5, 5.41) is 26.3. The zero-order chi connectivity index (χ0) is 66.2. The van der Waals surface area contributed by atoms with E-state index in [2.05, 4.69) is 37.9 Å². The molecule has 0 fully saturated rings. The van der Waals surface area contributed by atoms with Gasteiger partial charge in [0.2, 0.25) is 17.8 Å². The van der Waals surface area contributed by atoms with Gasteiger partial charge in [0, 0.05) is 24.2 Å². The van der Waals surface area contributed by atoms with Gasteiger partial charge in [-0.25, -0.2) is 22.7 Å². The van der Waals surface area contributed by atoms with Gasteiger partial charge < -0.3 is 50.3 Å². The minimum Gasteiger partial charge on any atom is -0.488 e. The third-order valence-electron chi connectivity index (χ3n) is 15.9. The van der Waals surface area contributed by atoms with Crippen LogP contribution in [0.5, 0.6) is 17.2 Å². The molecule has 0 aliphatic carbocycles. The van der Waals surface area contributed by atoms with Gasteiger partial charge in [-0.1, -0.05) is 127 Å². The Bertz CT molecular complexity index is 3930. The van der Waals surface area contributed by atoms with E-state index in [0.29, 0.717) is 65.2 Å². The highest BCUT2D eigenvalue weighted by molar-refractivity contribution is 7.90. The van der Waals surface area contributed by atoms with Gasteiger partial charge in [0.05, 0.1) is 4.90 Å². The molecule has 0 unspecified atom stereocenters. The zero-order valence-corrected chi connectivity index (χ0v) is 54.5. The normalized spacial score (nSPS) is 13.6. The summed E-state index contributed by atoms with van der Waals surface area (Å²) in [5.74, 6) is -1.82. The minimum atomic E-state index is -4.29. The van der Waals surface area contributed by atoms with E-state index in [4.69, 9.17) is 29.1 Å². The first-order chi connectivity index (χ1) is 43.9. The highest BCUT2D eigenvalue weighted by atomic mass is 32.2. The zero-order valence-electron chi connectivity index (χ0n) is 53.7. The molecule has 0 radical (unpaired) electrons. The molecule has 7 N–H and O–H groups in total. The van der Waals surface area contributed by atoms with Crippen LogP contribution in [-0.2, 0) is 58.3 Å². The quantitative estimate of drug-likeness (QED) is 0.00792. The van der Waals surface area contributed by atoms with Gasteiger partial charge in [-0.15, -0.1) is 6.58 Å². The van der Waals surface area contributed by atoms with E-state index in [1.54, 1.807) is 65.0 Å². The average molecular weight is 1270 g/mol. The molecule has 19 nitrogen and oxygen atoms in total. The Morgan fingerprint density at radius 1 is 0.652 bits per heavy atom. The number of carbonyl (C=O) groups excluding carboxylic acids is 5. The largest absolute Gasteiger partial charge is 0.488 e. The van der Waals surface area contributed by atoms with Gasteiger partial charge in [-0.3, -0.25) is 19.8 Å². The summed E-state index contributed by atoms with van der Waals surface area (Å²) >= 11 is 0. The molecule has 0 saturated carbocycles. The lowest BCUT2D eigenvalue weighted by molar-refractivity contribution is -0.149. The van der Waals surface area contributed by atoms with E-state index in [1.807, 2.05) is 124 Å². The Morgan fingerprint density at radius 3 is 1.80 bits per heavy atom. The van der Waals surface area contributed by atoms with Crippen molar-refractivity contribution < 1.29 is 56.1 Å². The fourth-order valence-electron chi connectivity index (χ4n) is 11.1. The fourth-order valence-corrected chi connectivity index (χ4v) is 12.7. The van der Waals surface area contributed by atoms with Crippen molar-refractivity contribution in [2.24, 2.45) is 0 Å². The number of nitrogens with one attached hydrogen (secondary N) is 7. The lowest BCUT2D eigenvalue weighted by Gasteiger charge is -2.35. The molecule has 7 aromatic rings. The Morgan fingerprint density at radius 2 is 1.20 bits per heavy atom. The Kier molecular flexibility index (Phi) is 23.1. The number of amides is 4. The smallest absolute Gasteiger partial charge is 0.407 e. The van der Waals surface area contributed by atoms with Gasteiger partial charge >= 0.3 is 12.1 Å². The maximum atomic E-state index is 14.9. The first-order valence-corrected chi connectivity index (χ1v) is 32.6. The van der Waals surface area contributed by atoms with Gasteiger partial charge in [0.1, 0.15) is 59.8 Å². The molecule has 92 heavy (non-hydrogen) atoms. The van der Waals surface area contributed by atoms with Crippen LogP contribution >= 0.6 is 0 Å². The summed E-state index contributed by atoms with van der Waals surface area (Å²) in [6.07, 6.45) is 2.82. The summed E-state index contributed by atoms with van der Waals surface area (Å²) in [7, 11) is -4.29. The number of benzene rings is 7. The van der Waals surface area contributed by atoms with Crippen LogP contribution in [0.2, 0.25) is 0 Å². The lowest BCUT2D eigenvalue weighted by Crippen LogP contribution is -2.56. The molecule has 0 aromatic heterocycles. The summed E-state index contributed by atoms with van der Waals surface area (Å²) in [4.78, 5) is 70.1. The molecular weight excluding hydrogens is 1190 g/mol. The predicted octanol–water partition coefficient (Wildman–Crippen LogP) is 11.4. The summed E-state index contributed by atoms with van der Waals surface area (Å²) in [6.45, 7) is 18.1. The SMILES string of the molecule is C=CC[C@H](NC(=O)[C@@H](CCCNC(=N)NS(=O)(=O)c1c(C)c(C)c2c(c1C)CCC(C)(C)O2)NC(=O)[C@@H](CCCCNC(=O)OC(C)(C)C)NC(=O)COc1ccc2ccccc2c1-c1c(OCc2ccccc2)ccc2ccccc12)C(=O)OCc1ccccc1. The van der Waals surface area contributed by atoms with E-state index in [9.17, 15) is 32.4 Å². The monoisotopic (exact) mass is 1270 g/mol. The standard InChI is InChI=1S/C72H85N7O12S/c1-10-24-58(68(83)89-44-50-27-15-12-16-28-50)78-67(82)57(34-23-42-74-69(73)79-92(85,86)65-47(3)46(2)64-53(48(65)4)39-40-72(8,9)90-64)77-66(81)56(33-21-22-41-75-70(84)91-71(5,6)7)76-61(80)45-88-60-38-36-52-30-18-20-32-55(52)63(60)62-54-31-19-17-29-51(54)35-37-59(62)87-43-49-25-13-11-14-26-49/h10-20,25-32,35-38,56-58H,1,21-24,33-34,39-45H2,2-9H3,(H,75,84)(H,76,80)(H,77,81)(H,78,82)(H3,73,74,79)/t56-,57-,58+/m1/s1. The number of carbonyl (C=O) groups is 5. The number of ether oxygens (including phenoxy) is 5. The van der Waals surface area contributed by atoms with Gasteiger partial charge in [0.15, 0.2) is 6.61 Å². The van der Waals surface area contributed by atoms with Gasteiger partial charge in [-0.2, -0.15) is 0 Å². The third-order valence-corrected chi connectivity index (χ3v) is 17.5. The summed E-state index contributed by atoms with van der Waals surface area (Å²) in [6, 6.07) is 38.4. The fraction of sp³-hybridized carbons (Fsp3) is 0.361. The molecule has 8 rings (SSSR count). The second kappa shape index (κ2) is 31.1. The van der Waals surface area contributed by atoms with Crippen LogP contribution in [0.3, 0.4) is 0 Å². The maximum Gasteiger partial charge on any atom is 0.407 e. The molecule has 0 spiro atoms. The molecule has 1 heterocycles.